The first kappa shape index (κ1) is 54.0. The number of allylic oxidation sites excluding steroid dienone is 2. The number of hydrogen-bond donors (Lipinski definition) is 0. The van der Waals surface area contributed by atoms with E-state index in [-0.39, 0.29) is 37.1 Å². The molecular weight excluding hydrogens is 423 g/mol. The Hall–Kier alpha value is -1.39. The van der Waals surface area contributed by atoms with E-state index >= 15 is 0 Å². The van der Waals surface area contributed by atoms with E-state index in [0.717, 1.165) is 5.92 Å². The van der Waals surface area contributed by atoms with Crippen molar-refractivity contribution in [2.75, 3.05) is 0 Å². The van der Waals surface area contributed by atoms with Crippen molar-refractivity contribution in [2.24, 2.45) is 5.92 Å². The van der Waals surface area contributed by atoms with E-state index in [1.807, 2.05) is 6.08 Å². The van der Waals surface area contributed by atoms with Gasteiger partial charge in [-0.15, -0.1) is 0 Å². The zero-order valence-electron chi connectivity index (χ0n) is 6.56. The van der Waals surface area contributed by atoms with Crippen LogP contribution in [-0.4, -0.2) is 0 Å². The third-order valence-corrected chi connectivity index (χ3v) is 1.40. The van der Waals surface area contributed by atoms with Gasteiger partial charge < -0.3 is 0 Å². The van der Waals surface area contributed by atoms with E-state index < -0.39 is 0 Å². The first-order chi connectivity index (χ1) is 3.81. The van der Waals surface area contributed by atoms with Crippen LogP contribution in [0, 0.1) is 12.8 Å². The van der Waals surface area contributed by atoms with Crippen molar-refractivity contribution in [2.45, 2.75) is 63.8 Å². The molecule has 0 radical (unpaired) electrons. The Balaban J connectivity index is -0.0000000163. The normalized spacial score (nSPS) is 8.43. The number of rotatable bonds is 3. The fraction of sp³-hybridized carbons (Fsp3) is 0.769. The van der Waals surface area contributed by atoms with Gasteiger partial charge in [-0.3, -0.25) is 0 Å². The SMILES string of the molecule is C.C.C.C.C.[CH2-]C=CCC(C)CC.[Rf]. The van der Waals surface area contributed by atoms with Crippen LogP contribution in [0.15, 0.2) is 12.2 Å². The zero-order chi connectivity index (χ0) is 6.41. The quantitative estimate of drug-likeness (QED) is 0.456. The molecule has 0 N–H and O–H groups in total. The summed E-state index contributed by atoms with van der Waals surface area (Å²) in [7, 11) is 0. The summed E-state index contributed by atoms with van der Waals surface area (Å²) in [5.41, 5.74) is 0. The minimum absolute atomic E-state index is 0. The van der Waals surface area contributed by atoms with Crippen LogP contribution in [0.2, 0.25) is 0 Å². The van der Waals surface area contributed by atoms with Crippen LogP contribution >= 0.6 is 0 Å². The molecule has 0 aromatic rings. The molecule has 0 amide bonds. The Morgan fingerprint density at radius 3 is 1.64 bits per heavy atom. The molecule has 0 heterocycles. The van der Waals surface area contributed by atoms with Crippen LogP contribution in [0.3, 0.4) is 0 Å². The molecule has 90 valence electrons. The van der Waals surface area contributed by atoms with E-state index in [1.165, 1.54) is 12.8 Å². The van der Waals surface area contributed by atoms with Gasteiger partial charge in [-0.25, -0.2) is 19.1 Å². The van der Waals surface area contributed by atoms with Gasteiger partial charge in [0.05, 0.1) is 0 Å². The topological polar surface area (TPSA) is 0 Å². The molecule has 0 saturated heterocycles. The Bertz CT molecular complexity index is 67.6. The summed E-state index contributed by atoms with van der Waals surface area (Å²) in [6, 6.07) is 0. The van der Waals surface area contributed by atoms with Gasteiger partial charge >= 0.3 is 0 Å². The third-order valence-electron chi connectivity index (χ3n) is 1.40. The van der Waals surface area contributed by atoms with Crippen LogP contribution in [-0.2, 0) is 0 Å². The maximum Gasteiger partial charge on any atom is 0 e. The summed E-state index contributed by atoms with van der Waals surface area (Å²) in [4.78, 5) is 0. The summed E-state index contributed by atoms with van der Waals surface area (Å²) in [6.45, 7) is 8.07. The van der Waals surface area contributed by atoms with Crippen LogP contribution in [0.1, 0.15) is 63.8 Å². The molecule has 0 spiro atoms. The molecule has 1 atom stereocenters. The number of hydrogen-bond acceptors (Lipinski definition) is 0. The molecule has 0 bridgehead atoms. The van der Waals surface area contributed by atoms with Gasteiger partial charge in [0.1, 0.15) is 0 Å². The van der Waals surface area contributed by atoms with Crippen LogP contribution < -0.4 is 0 Å². The Labute approximate surface area is 89.5 Å². The first-order valence-electron chi connectivity index (χ1n) is 3.25. The molecule has 0 rings (SSSR count). The standard InChI is InChI=1S/C8H15.5CH4.Rf/c1-4-6-7-8(3)5-2;;;;;;/h4,6,8H,1,5,7H2,2-3H3;5*1H4;/q-1;;;;;;. The van der Waals surface area contributed by atoms with Crippen molar-refractivity contribution < 1.29 is 0 Å². The fourth-order valence-corrected chi connectivity index (χ4v) is 0.495. The van der Waals surface area contributed by atoms with E-state index in [9.17, 15) is 0 Å². The average Bonchev–Trinajstić information content (AvgIpc) is 1.83. The molecule has 0 aromatic heterocycles. The maximum atomic E-state index is 3.61. The molecule has 0 saturated carbocycles. The second kappa shape index (κ2) is 41.5. The van der Waals surface area contributed by atoms with Crippen LogP contribution in [0.5, 0.6) is 0 Å². The zero-order valence-corrected chi connectivity index (χ0v) is 13.0. The smallest absolute Gasteiger partial charge is 0 e. The van der Waals surface area contributed by atoms with Gasteiger partial charge in [-0.2, -0.15) is 0 Å². The molecule has 0 nitrogen and oxygen atoms in total. The molecule has 0 aliphatic rings. The van der Waals surface area contributed by atoms with Crippen LogP contribution in [0.4, 0.5) is 0 Å². The predicted octanol–water partition coefficient (Wildman–Crippen LogP) is 5.99. The minimum atomic E-state index is 0. The van der Waals surface area contributed by atoms with E-state index in [2.05, 4.69) is 26.8 Å². The summed E-state index contributed by atoms with van der Waals surface area (Å²) >= 11 is 0. The van der Waals surface area contributed by atoms with Crippen molar-refractivity contribution in [1.29, 1.82) is 0 Å². The molecule has 1 unspecified atom stereocenters. The Morgan fingerprint density at radius 2 is 1.43 bits per heavy atom. The molecule has 14 heavy (non-hydrogen) atoms. The minimum Gasteiger partial charge on any atom is -0.245 e. The predicted molar refractivity (Wildman–Crippen MR) is 72.2 cm³/mol. The van der Waals surface area contributed by atoms with E-state index in [1.54, 1.807) is 0 Å². The third kappa shape index (κ3) is 46.1. The molecular formula is C13H35Rf-. The van der Waals surface area contributed by atoms with Crippen molar-refractivity contribution in [1.82, 2.24) is 0 Å². The van der Waals surface area contributed by atoms with Crippen molar-refractivity contribution in [3.05, 3.63) is 19.1 Å². The van der Waals surface area contributed by atoms with Gasteiger partial charge in [0, 0.05) is 0 Å². The fourth-order valence-electron chi connectivity index (χ4n) is 0.495. The van der Waals surface area contributed by atoms with Crippen LogP contribution in [0.25, 0.3) is 0 Å². The largest absolute Gasteiger partial charge is 0.245 e. The summed E-state index contributed by atoms with van der Waals surface area (Å²) in [5.74, 6) is 0.827. The van der Waals surface area contributed by atoms with Gasteiger partial charge in [0.15, 0.2) is 0 Å². The second-order valence-corrected chi connectivity index (χ2v) is 2.22. The summed E-state index contributed by atoms with van der Waals surface area (Å²) in [5, 5.41) is 0. The van der Waals surface area contributed by atoms with Crippen molar-refractivity contribution >= 4 is 0 Å². The molecule has 1 heteroatoms. The molecule has 0 aliphatic heterocycles. The Kier molecular flexibility index (Phi) is 160. The van der Waals surface area contributed by atoms with Gasteiger partial charge in [0.25, 0.3) is 0 Å². The first-order valence-corrected chi connectivity index (χ1v) is 3.25. The second-order valence-electron chi connectivity index (χ2n) is 2.22. The van der Waals surface area contributed by atoms with Gasteiger partial charge in [-0.05, 0) is 0 Å². The molecule has 0 aliphatic carbocycles. The van der Waals surface area contributed by atoms with Crippen molar-refractivity contribution in [3.8, 4) is 0 Å². The summed E-state index contributed by atoms with van der Waals surface area (Å²) < 4.78 is 0. The monoisotopic (exact) mass is 458 g/mol. The average molecular weight is 458 g/mol. The molecule has 0 fully saturated rings. The molecule has 0 aromatic carbocycles. The summed E-state index contributed by atoms with van der Waals surface area (Å²) in [6.07, 6.45) is 6.44. The van der Waals surface area contributed by atoms with Gasteiger partial charge in [0.2, 0.25) is 0 Å². The van der Waals surface area contributed by atoms with Crippen molar-refractivity contribution in [3.63, 3.8) is 0 Å². The maximum absolute atomic E-state index is 3.61. The Morgan fingerprint density at radius 1 is 1.07 bits per heavy atom. The van der Waals surface area contributed by atoms with E-state index in [0.29, 0.717) is 0 Å². The van der Waals surface area contributed by atoms with Gasteiger partial charge in [-0.1, -0.05) is 69.7 Å². The van der Waals surface area contributed by atoms with E-state index in [4.69, 9.17) is 0 Å².